The molecule has 64 valence electrons. The number of rotatable bonds is 1. The van der Waals surface area contributed by atoms with E-state index >= 15 is 0 Å². The summed E-state index contributed by atoms with van der Waals surface area (Å²) >= 11 is 1.76. The molecule has 0 saturated heterocycles. The van der Waals surface area contributed by atoms with Crippen LogP contribution in [-0.2, 0) is 0 Å². The van der Waals surface area contributed by atoms with Crippen molar-refractivity contribution in [1.82, 2.24) is 9.61 Å². The van der Waals surface area contributed by atoms with Crippen LogP contribution in [0.2, 0.25) is 0 Å². The zero-order valence-electron chi connectivity index (χ0n) is 7.53. The molecule has 0 unspecified atom stereocenters. The molecule has 0 aliphatic carbocycles. The molecule has 0 aromatic carbocycles. The summed E-state index contributed by atoms with van der Waals surface area (Å²) in [7, 11) is 0. The molecule has 2 aromatic rings. The lowest BCUT2D eigenvalue weighted by molar-refractivity contribution is 0.862. The Bertz CT molecular complexity index is 397. The van der Waals surface area contributed by atoms with E-state index in [0.29, 0.717) is 5.92 Å². The lowest BCUT2D eigenvalue weighted by atomic mass is 10.1. The third-order valence-corrected chi connectivity index (χ3v) is 2.93. The summed E-state index contributed by atoms with van der Waals surface area (Å²) in [6.07, 6.45) is 2.01. The van der Waals surface area contributed by atoms with Gasteiger partial charge >= 0.3 is 0 Å². The number of aryl methyl sites for hydroxylation is 1. The molecule has 2 heterocycles. The van der Waals surface area contributed by atoms with Gasteiger partial charge in [0.05, 0.1) is 5.69 Å². The van der Waals surface area contributed by atoms with E-state index < -0.39 is 0 Å². The summed E-state index contributed by atoms with van der Waals surface area (Å²) in [4.78, 5) is 1.29. The molecule has 12 heavy (non-hydrogen) atoms. The molecule has 0 bridgehead atoms. The van der Waals surface area contributed by atoms with E-state index in [1.54, 1.807) is 11.3 Å². The summed E-state index contributed by atoms with van der Waals surface area (Å²) in [5, 5.41) is 6.50. The van der Waals surface area contributed by atoms with E-state index in [0.717, 1.165) is 5.69 Å². The molecule has 0 N–H and O–H groups in total. The van der Waals surface area contributed by atoms with Gasteiger partial charge in [0.25, 0.3) is 0 Å². The Morgan fingerprint density at radius 2 is 2.25 bits per heavy atom. The van der Waals surface area contributed by atoms with Crippen molar-refractivity contribution < 1.29 is 0 Å². The van der Waals surface area contributed by atoms with Crippen LogP contribution in [0.25, 0.3) is 4.83 Å². The van der Waals surface area contributed by atoms with Crippen molar-refractivity contribution in [2.45, 2.75) is 26.7 Å². The van der Waals surface area contributed by atoms with E-state index in [1.165, 1.54) is 10.4 Å². The molecule has 0 atom stereocenters. The first-order valence-electron chi connectivity index (χ1n) is 4.12. The van der Waals surface area contributed by atoms with Crippen molar-refractivity contribution in [2.75, 3.05) is 0 Å². The fraction of sp³-hybridized carbons (Fsp3) is 0.444. The van der Waals surface area contributed by atoms with E-state index in [-0.39, 0.29) is 0 Å². The average molecular weight is 180 g/mol. The van der Waals surface area contributed by atoms with Crippen molar-refractivity contribution in [3.8, 4) is 0 Å². The van der Waals surface area contributed by atoms with E-state index in [1.807, 2.05) is 10.7 Å². The van der Waals surface area contributed by atoms with Crippen molar-refractivity contribution in [3.05, 3.63) is 22.8 Å². The van der Waals surface area contributed by atoms with Gasteiger partial charge < -0.3 is 0 Å². The van der Waals surface area contributed by atoms with Crippen molar-refractivity contribution in [2.24, 2.45) is 0 Å². The molecule has 0 spiro atoms. The van der Waals surface area contributed by atoms with Gasteiger partial charge in [0.15, 0.2) is 0 Å². The van der Waals surface area contributed by atoms with Gasteiger partial charge in [-0.1, -0.05) is 13.8 Å². The molecule has 2 nitrogen and oxygen atoms in total. The largest absolute Gasteiger partial charge is 0.230 e. The van der Waals surface area contributed by atoms with Gasteiger partial charge in [0.2, 0.25) is 0 Å². The first-order valence-corrected chi connectivity index (χ1v) is 5.00. The average Bonchev–Trinajstić information content (AvgIpc) is 2.44. The Kier molecular flexibility index (Phi) is 1.68. The van der Waals surface area contributed by atoms with Gasteiger partial charge in [-0.25, -0.2) is 4.52 Å². The van der Waals surface area contributed by atoms with Crippen LogP contribution in [0.15, 0.2) is 11.6 Å². The minimum Gasteiger partial charge on any atom is -0.230 e. The van der Waals surface area contributed by atoms with Gasteiger partial charge in [-0.2, -0.15) is 5.10 Å². The molecule has 0 amide bonds. The van der Waals surface area contributed by atoms with Crippen molar-refractivity contribution in [1.29, 1.82) is 0 Å². The number of fused-ring (bicyclic) bond motifs is 1. The quantitative estimate of drug-likeness (QED) is 0.659. The smallest absolute Gasteiger partial charge is 0.122 e. The van der Waals surface area contributed by atoms with Gasteiger partial charge in [0, 0.05) is 17.1 Å². The predicted octanol–water partition coefficient (Wildman–Crippen LogP) is 2.83. The maximum Gasteiger partial charge on any atom is 0.122 e. The Morgan fingerprint density at radius 1 is 1.50 bits per heavy atom. The first-order chi connectivity index (χ1) is 5.70. The summed E-state index contributed by atoms with van der Waals surface area (Å²) < 4.78 is 1.97. The second-order valence-electron chi connectivity index (χ2n) is 3.31. The van der Waals surface area contributed by atoms with Crippen molar-refractivity contribution >= 4 is 16.2 Å². The second-order valence-corrected chi connectivity index (χ2v) is 4.20. The van der Waals surface area contributed by atoms with Crippen LogP contribution < -0.4 is 0 Å². The highest BCUT2D eigenvalue weighted by molar-refractivity contribution is 7.15. The lowest BCUT2D eigenvalue weighted by Crippen LogP contribution is -1.86. The van der Waals surface area contributed by atoms with Crippen molar-refractivity contribution in [3.63, 3.8) is 0 Å². The number of hydrogen-bond donors (Lipinski definition) is 0. The van der Waals surface area contributed by atoms with Gasteiger partial charge in [-0.05, 0) is 12.8 Å². The highest BCUT2D eigenvalue weighted by atomic mass is 32.1. The van der Waals surface area contributed by atoms with Crippen LogP contribution in [0.3, 0.4) is 0 Å². The van der Waals surface area contributed by atoms with Crippen LogP contribution in [0.1, 0.15) is 31.0 Å². The lowest BCUT2D eigenvalue weighted by Gasteiger charge is -2.00. The maximum absolute atomic E-state index is 4.42. The Balaban J connectivity index is 2.76. The zero-order chi connectivity index (χ0) is 8.72. The Labute approximate surface area is 75.8 Å². The minimum absolute atomic E-state index is 0.571. The monoisotopic (exact) mass is 180 g/mol. The highest BCUT2D eigenvalue weighted by Crippen LogP contribution is 2.26. The molecule has 3 heteroatoms. The number of hydrogen-bond acceptors (Lipinski definition) is 2. The Morgan fingerprint density at radius 3 is 2.92 bits per heavy atom. The molecular formula is C9H12N2S. The predicted molar refractivity (Wildman–Crippen MR) is 51.9 cm³/mol. The van der Waals surface area contributed by atoms with Gasteiger partial charge in [0.1, 0.15) is 4.83 Å². The fourth-order valence-electron chi connectivity index (χ4n) is 1.57. The SMILES string of the molecule is Cc1nn2ccsc2c1C(C)C. The Hall–Kier alpha value is -0.830. The van der Waals surface area contributed by atoms with E-state index in [9.17, 15) is 0 Å². The van der Waals surface area contributed by atoms with Crippen LogP contribution in [-0.4, -0.2) is 9.61 Å². The molecule has 0 aliphatic heterocycles. The third kappa shape index (κ3) is 0.966. The van der Waals surface area contributed by atoms with Crippen LogP contribution >= 0.6 is 11.3 Å². The van der Waals surface area contributed by atoms with Gasteiger partial charge in [-0.3, -0.25) is 0 Å². The second kappa shape index (κ2) is 2.59. The molecule has 0 fully saturated rings. The normalized spacial score (nSPS) is 11.7. The third-order valence-electron chi connectivity index (χ3n) is 2.05. The zero-order valence-corrected chi connectivity index (χ0v) is 8.35. The number of thiazole rings is 1. The van der Waals surface area contributed by atoms with Crippen LogP contribution in [0, 0.1) is 6.92 Å². The summed E-state index contributed by atoms with van der Waals surface area (Å²) in [5.41, 5.74) is 2.56. The molecule has 0 saturated carbocycles. The van der Waals surface area contributed by atoms with E-state index in [2.05, 4.69) is 31.2 Å². The topological polar surface area (TPSA) is 17.3 Å². The van der Waals surface area contributed by atoms with E-state index in [4.69, 9.17) is 0 Å². The number of aromatic nitrogens is 2. The maximum atomic E-state index is 4.42. The molecular weight excluding hydrogens is 168 g/mol. The molecule has 0 aliphatic rings. The standard InChI is InChI=1S/C9H12N2S/c1-6(2)8-7(3)10-11-4-5-12-9(8)11/h4-6H,1-3H3. The summed E-state index contributed by atoms with van der Waals surface area (Å²) in [6, 6.07) is 0. The van der Waals surface area contributed by atoms with Crippen LogP contribution in [0.4, 0.5) is 0 Å². The van der Waals surface area contributed by atoms with Gasteiger partial charge in [-0.15, -0.1) is 11.3 Å². The fourth-order valence-corrected chi connectivity index (χ4v) is 2.60. The molecule has 0 radical (unpaired) electrons. The summed E-state index contributed by atoms with van der Waals surface area (Å²) in [5.74, 6) is 0.571. The minimum atomic E-state index is 0.571. The molecule has 2 aromatic heterocycles. The van der Waals surface area contributed by atoms with Crippen LogP contribution in [0.5, 0.6) is 0 Å². The molecule has 2 rings (SSSR count). The summed E-state index contributed by atoms with van der Waals surface area (Å²) in [6.45, 7) is 6.50. The highest BCUT2D eigenvalue weighted by Gasteiger charge is 2.12. The number of nitrogens with zero attached hydrogens (tertiary/aromatic N) is 2. The first kappa shape index (κ1) is 7.80.